The van der Waals surface area contributed by atoms with E-state index in [1.165, 1.54) is 0 Å². The topological polar surface area (TPSA) is 124 Å². The Morgan fingerprint density at radius 3 is 2.57 bits per heavy atom. The highest BCUT2D eigenvalue weighted by molar-refractivity contribution is 7.98. The highest BCUT2D eigenvalue weighted by atomic mass is 32.2. The highest BCUT2D eigenvalue weighted by Gasteiger charge is 2.56. The summed E-state index contributed by atoms with van der Waals surface area (Å²) in [6, 6.07) is 12.1. The van der Waals surface area contributed by atoms with Crippen LogP contribution in [0.25, 0.3) is 22.4 Å². The number of fused-ring (bicyclic) bond motifs is 2. The van der Waals surface area contributed by atoms with E-state index < -0.39 is 26.2 Å². The van der Waals surface area contributed by atoms with Crippen LogP contribution < -0.4 is 0 Å². The number of rotatable bonds is 8. The molecule has 0 radical (unpaired) electrons. The van der Waals surface area contributed by atoms with Gasteiger partial charge in [-0.1, -0.05) is 61.0 Å². The molecule has 1 aromatic carbocycles. The zero-order valence-corrected chi connectivity index (χ0v) is 29.8. The van der Waals surface area contributed by atoms with Crippen LogP contribution in [0.1, 0.15) is 42.7 Å². The van der Waals surface area contributed by atoms with Gasteiger partial charge in [0.1, 0.15) is 26.4 Å². The third-order valence-corrected chi connectivity index (χ3v) is 9.62. The number of aryl methyl sites for hydroxylation is 1. The van der Waals surface area contributed by atoms with E-state index >= 15 is 0 Å². The monoisotopic (exact) mass is 669 g/mol. The van der Waals surface area contributed by atoms with Crippen molar-refractivity contribution in [2.75, 3.05) is 19.8 Å². The third-order valence-electron chi connectivity index (χ3n) is 7.68. The summed E-state index contributed by atoms with van der Waals surface area (Å²) < 4.78 is 27.3. The maximum absolute atomic E-state index is 9.86. The summed E-state index contributed by atoms with van der Waals surface area (Å²) >= 11 is 1.73. The summed E-state index contributed by atoms with van der Waals surface area (Å²) in [7, 11) is 2.01. The van der Waals surface area contributed by atoms with Crippen molar-refractivity contribution >= 4 is 43.0 Å². The molecule has 2 aliphatic rings. The molecule has 3 aromatic heterocycles. The Bertz CT molecular complexity index is 1910. The Morgan fingerprint density at radius 1 is 1.13 bits per heavy atom. The maximum atomic E-state index is 9.86. The zero-order chi connectivity index (χ0) is 33.5. The van der Waals surface area contributed by atoms with Crippen LogP contribution in [0.5, 0.6) is 0 Å². The molecule has 2 saturated heterocycles. The van der Waals surface area contributed by atoms with E-state index in [4.69, 9.17) is 18.7 Å². The molecule has 0 saturated carbocycles. The quantitative estimate of drug-likeness (QED) is 0.0946. The van der Waals surface area contributed by atoms with Crippen molar-refractivity contribution in [1.29, 1.82) is 5.26 Å². The van der Waals surface area contributed by atoms with E-state index in [0.29, 0.717) is 28.4 Å². The molecular weight excluding hydrogens is 631 g/mol. The molecule has 6 rings (SSSR count). The van der Waals surface area contributed by atoms with Gasteiger partial charge in [0.25, 0.3) is 0 Å². The number of nitriles is 1. The Balaban J connectivity index is 1.35. The van der Waals surface area contributed by atoms with Gasteiger partial charge in [0.2, 0.25) is 5.82 Å². The molecule has 5 heterocycles. The van der Waals surface area contributed by atoms with Crippen LogP contribution in [0.15, 0.2) is 46.0 Å². The lowest BCUT2D eigenvalue weighted by atomic mass is 10.1. The minimum Gasteiger partial charge on any atom is -0.369 e. The van der Waals surface area contributed by atoms with Crippen LogP contribution in [0.2, 0.25) is 19.6 Å². The summed E-state index contributed by atoms with van der Waals surface area (Å²) in [5, 5.41) is 14.8. The van der Waals surface area contributed by atoms with E-state index in [2.05, 4.69) is 57.3 Å². The first-order valence-electron chi connectivity index (χ1n) is 15.5. The molecule has 47 heavy (non-hydrogen) atoms. The fourth-order valence-electron chi connectivity index (χ4n) is 5.66. The van der Waals surface area contributed by atoms with Gasteiger partial charge < -0.3 is 28.2 Å². The minimum absolute atomic E-state index is 0.0105. The molecule has 11 nitrogen and oxygen atoms in total. The summed E-state index contributed by atoms with van der Waals surface area (Å²) in [5.74, 6) is 5.10. The molecule has 0 amide bonds. The Hall–Kier alpha value is -3.98. The van der Waals surface area contributed by atoms with Crippen molar-refractivity contribution in [2.24, 2.45) is 4.99 Å². The number of hydrogen-bond acceptors (Lipinski definition) is 10. The first-order chi connectivity index (χ1) is 22.3. The lowest BCUT2D eigenvalue weighted by Crippen LogP contribution is -2.31. The smallest absolute Gasteiger partial charge is 0.236 e. The number of aliphatic imine (C=N–C) groups is 1. The number of benzene rings is 1. The van der Waals surface area contributed by atoms with Crippen LogP contribution in [0.4, 0.5) is 5.82 Å². The van der Waals surface area contributed by atoms with Crippen molar-refractivity contribution in [3.8, 4) is 28.9 Å². The van der Waals surface area contributed by atoms with Gasteiger partial charge in [-0.05, 0) is 20.8 Å². The first-order valence-corrected chi connectivity index (χ1v) is 20.1. The molecule has 4 aromatic rings. The van der Waals surface area contributed by atoms with E-state index in [1.807, 2.05) is 80.9 Å². The average molecular weight is 670 g/mol. The molecule has 2 fully saturated rings. The summed E-state index contributed by atoms with van der Waals surface area (Å²) in [5.41, 5.74) is 7.63. The molecule has 0 spiro atoms. The van der Waals surface area contributed by atoms with Crippen molar-refractivity contribution in [3.63, 3.8) is 0 Å². The summed E-state index contributed by atoms with van der Waals surface area (Å²) in [6.45, 7) is 12.4. The minimum atomic E-state index is -1.74. The van der Waals surface area contributed by atoms with Gasteiger partial charge in [0.05, 0.1) is 29.1 Å². The lowest BCUT2D eigenvalue weighted by molar-refractivity contribution is -0.193. The Kier molecular flexibility index (Phi) is 9.04. The first kappa shape index (κ1) is 32.9. The van der Waals surface area contributed by atoms with Gasteiger partial charge in [-0.25, -0.2) is 9.98 Å². The second-order valence-corrected chi connectivity index (χ2v) is 19.2. The second kappa shape index (κ2) is 12.9. The van der Waals surface area contributed by atoms with Gasteiger partial charge >= 0.3 is 0 Å². The lowest BCUT2D eigenvalue weighted by Gasteiger charge is -2.25. The SMILES string of the molecule is Cc1noc(-c2ccccc2)c1CSC[C@H]1O[C@@H](n2cc(C#C[Si](C)(C)C)c3c(/N=C\N(C)C)nc(C#N)nc32)[C@@H]2OC(C)(C)O[C@@H]21. The van der Waals surface area contributed by atoms with Gasteiger partial charge in [-0.15, -0.1) is 5.54 Å². The number of nitrogens with zero attached hydrogens (tertiary/aromatic N) is 7. The van der Waals surface area contributed by atoms with Crippen LogP contribution in [-0.4, -0.2) is 83.0 Å². The molecule has 0 bridgehead atoms. The third kappa shape index (κ3) is 7.00. The predicted octanol–water partition coefficient (Wildman–Crippen LogP) is 6.07. The van der Waals surface area contributed by atoms with Gasteiger partial charge in [0.15, 0.2) is 29.2 Å². The molecular formula is C34H39N7O4SSi. The fraction of sp³-hybridized carbons (Fsp3) is 0.441. The second-order valence-electron chi connectivity index (χ2n) is 13.4. The normalized spacial score (nSPS) is 21.9. The molecule has 244 valence electrons. The predicted molar refractivity (Wildman–Crippen MR) is 185 cm³/mol. The van der Waals surface area contributed by atoms with Gasteiger partial charge in [-0.2, -0.15) is 22.0 Å². The van der Waals surface area contributed by atoms with Crippen molar-refractivity contribution in [1.82, 2.24) is 24.6 Å². The van der Waals surface area contributed by atoms with Gasteiger partial charge in [0, 0.05) is 42.9 Å². The number of hydrogen-bond donors (Lipinski definition) is 0. The molecule has 4 atom stereocenters. The zero-order valence-electron chi connectivity index (χ0n) is 27.9. The maximum Gasteiger partial charge on any atom is 0.236 e. The van der Waals surface area contributed by atoms with Crippen molar-refractivity contribution in [3.05, 3.63) is 59.2 Å². The van der Waals surface area contributed by atoms with Gasteiger partial charge in [-0.3, -0.25) is 0 Å². The fourth-order valence-corrected chi connectivity index (χ4v) is 7.33. The molecule has 0 N–H and O–H groups in total. The molecule has 0 aliphatic carbocycles. The van der Waals surface area contributed by atoms with Crippen LogP contribution in [0.3, 0.4) is 0 Å². The van der Waals surface area contributed by atoms with Crippen LogP contribution in [0, 0.1) is 29.7 Å². The number of aromatic nitrogens is 4. The molecule has 2 aliphatic heterocycles. The average Bonchev–Trinajstić information content (AvgIpc) is 3.75. The van der Waals surface area contributed by atoms with E-state index in [-0.39, 0.29) is 18.0 Å². The van der Waals surface area contributed by atoms with Crippen LogP contribution in [-0.2, 0) is 20.0 Å². The Labute approximate surface area is 280 Å². The summed E-state index contributed by atoms with van der Waals surface area (Å²) in [6.07, 6.45) is 1.98. The van der Waals surface area contributed by atoms with Crippen molar-refractivity contribution < 1.29 is 18.7 Å². The van der Waals surface area contributed by atoms with Crippen molar-refractivity contribution in [2.45, 2.75) is 76.5 Å². The largest absolute Gasteiger partial charge is 0.369 e. The van der Waals surface area contributed by atoms with E-state index in [0.717, 1.165) is 28.1 Å². The molecule has 0 unspecified atom stereocenters. The van der Waals surface area contributed by atoms with E-state index in [9.17, 15) is 5.26 Å². The Morgan fingerprint density at radius 2 is 1.87 bits per heavy atom. The van der Waals surface area contributed by atoms with Crippen LogP contribution >= 0.6 is 11.8 Å². The highest BCUT2D eigenvalue weighted by Crippen LogP contribution is 2.46. The summed E-state index contributed by atoms with van der Waals surface area (Å²) in [4.78, 5) is 15.5. The molecule has 13 heteroatoms. The van der Waals surface area contributed by atoms with E-state index in [1.54, 1.807) is 18.1 Å². The number of ether oxygens (including phenoxy) is 3. The standard InChI is InChI=1S/C34H39N7O4SSi/c1-21-24(28(45-39-21)22-12-10-9-11-13-22)18-46-19-25-29-30(44-34(2,3)43-29)33(42-25)41-17-23(14-15-47(6,7)8)27-31(36-20-40(4)5)37-26(16-35)38-32(27)41/h9-13,17,20,25,29-30,33H,18-19H2,1-8H3/b36-20-/t25-,29-,30-,33-/m1/s1. The number of thioether (sulfide) groups is 1.